The summed E-state index contributed by atoms with van der Waals surface area (Å²) < 4.78 is 10.0. The van der Waals surface area contributed by atoms with Crippen molar-refractivity contribution in [3.63, 3.8) is 0 Å². The first-order chi connectivity index (χ1) is 5.81. The fourth-order valence-corrected chi connectivity index (χ4v) is 0.639. The lowest BCUT2D eigenvalue weighted by Crippen LogP contribution is -2.19. The monoisotopic (exact) mass is 174 g/mol. The van der Waals surface area contributed by atoms with Gasteiger partial charge in [0.1, 0.15) is 0 Å². The second-order valence-electron chi connectivity index (χ2n) is 2.43. The summed E-state index contributed by atoms with van der Waals surface area (Å²) >= 11 is 0. The molecule has 0 aromatic heterocycles. The van der Waals surface area contributed by atoms with Gasteiger partial charge in [-0.25, -0.2) is 0 Å². The Hall–Kier alpha value is -0.380. The lowest BCUT2D eigenvalue weighted by atomic mass is 10.5. The van der Waals surface area contributed by atoms with Crippen LogP contribution in [0.1, 0.15) is 20.3 Å². The highest BCUT2D eigenvalue weighted by atomic mass is 16.6. The second kappa shape index (κ2) is 8.71. The van der Waals surface area contributed by atoms with Crippen molar-refractivity contribution in [1.29, 1.82) is 0 Å². The molecule has 0 aromatic carbocycles. The fourth-order valence-electron chi connectivity index (χ4n) is 0.639. The van der Waals surface area contributed by atoms with E-state index in [1.54, 1.807) is 0 Å². The van der Waals surface area contributed by atoms with Gasteiger partial charge in [0.15, 0.2) is 6.29 Å². The summed E-state index contributed by atoms with van der Waals surface area (Å²) in [6, 6.07) is 0. The normalized spacial score (nSPS) is 13.9. The third-order valence-electron chi connectivity index (χ3n) is 1.23. The Labute approximate surface area is 74.0 Å². The van der Waals surface area contributed by atoms with E-state index in [4.69, 9.17) is 14.6 Å². The molecule has 0 aliphatic carbocycles. The third kappa shape index (κ3) is 7.72. The smallest absolute Gasteiger partial charge is 0.178 e. The van der Waals surface area contributed by atoms with Crippen LogP contribution >= 0.6 is 0 Å². The molecular weight excluding hydrogens is 156 g/mol. The standard InChI is InChI=1S/C9H18O3/c1-3-5-7-12-9(10)8-11-6-4-2/h3,5,9-10H,4,6-8H2,1-2H3. The van der Waals surface area contributed by atoms with Crippen LogP contribution in [0.4, 0.5) is 0 Å². The molecule has 0 heterocycles. The summed E-state index contributed by atoms with van der Waals surface area (Å²) in [5.41, 5.74) is 0. The Balaban J connectivity index is 3.15. The van der Waals surface area contributed by atoms with Crippen LogP contribution in [0.2, 0.25) is 0 Å². The molecule has 3 nitrogen and oxygen atoms in total. The molecule has 3 heteroatoms. The van der Waals surface area contributed by atoms with Gasteiger partial charge in [-0.05, 0) is 13.3 Å². The zero-order valence-corrected chi connectivity index (χ0v) is 7.82. The van der Waals surface area contributed by atoms with Crippen LogP contribution in [-0.2, 0) is 9.47 Å². The summed E-state index contributed by atoms with van der Waals surface area (Å²) in [6.07, 6.45) is 3.87. The minimum atomic E-state index is -0.798. The second-order valence-corrected chi connectivity index (χ2v) is 2.43. The molecule has 0 spiro atoms. The lowest BCUT2D eigenvalue weighted by Gasteiger charge is -2.10. The van der Waals surface area contributed by atoms with Gasteiger partial charge < -0.3 is 14.6 Å². The molecule has 72 valence electrons. The third-order valence-corrected chi connectivity index (χ3v) is 1.23. The van der Waals surface area contributed by atoms with Gasteiger partial charge in [-0.2, -0.15) is 0 Å². The largest absolute Gasteiger partial charge is 0.376 e. The predicted molar refractivity (Wildman–Crippen MR) is 47.9 cm³/mol. The number of hydrogen-bond donors (Lipinski definition) is 1. The van der Waals surface area contributed by atoms with Crippen molar-refractivity contribution < 1.29 is 14.6 Å². The first kappa shape index (κ1) is 11.6. The molecular formula is C9H18O3. The maximum atomic E-state index is 9.12. The molecule has 0 bridgehead atoms. The first-order valence-electron chi connectivity index (χ1n) is 4.29. The van der Waals surface area contributed by atoms with E-state index < -0.39 is 6.29 Å². The maximum Gasteiger partial charge on any atom is 0.178 e. The summed E-state index contributed by atoms with van der Waals surface area (Å²) in [5.74, 6) is 0. The van der Waals surface area contributed by atoms with Crippen molar-refractivity contribution in [2.24, 2.45) is 0 Å². The minimum absolute atomic E-state index is 0.255. The highest BCUT2D eigenvalue weighted by Gasteiger charge is 2.01. The van der Waals surface area contributed by atoms with Gasteiger partial charge in [0, 0.05) is 6.61 Å². The highest BCUT2D eigenvalue weighted by molar-refractivity contribution is 4.75. The van der Waals surface area contributed by atoms with Gasteiger partial charge in [-0.3, -0.25) is 0 Å². The zero-order chi connectivity index (χ0) is 9.23. The number of rotatable bonds is 7. The summed E-state index contributed by atoms with van der Waals surface area (Å²) in [4.78, 5) is 0. The van der Waals surface area contributed by atoms with E-state index in [1.165, 1.54) is 0 Å². The van der Waals surface area contributed by atoms with Gasteiger partial charge in [0.2, 0.25) is 0 Å². The van der Waals surface area contributed by atoms with E-state index in [0.29, 0.717) is 13.2 Å². The number of aliphatic hydroxyl groups excluding tert-OH is 1. The Morgan fingerprint density at radius 1 is 1.50 bits per heavy atom. The maximum absolute atomic E-state index is 9.12. The van der Waals surface area contributed by atoms with Crippen molar-refractivity contribution in [1.82, 2.24) is 0 Å². The average molecular weight is 174 g/mol. The first-order valence-corrected chi connectivity index (χ1v) is 4.29. The van der Waals surface area contributed by atoms with Crippen LogP contribution in [0.3, 0.4) is 0 Å². The van der Waals surface area contributed by atoms with Crippen LogP contribution in [-0.4, -0.2) is 31.2 Å². The van der Waals surface area contributed by atoms with Gasteiger partial charge in [0.25, 0.3) is 0 Å². The average Bonchev–Trinajstić information content (AvgIpc) is 2.06. The van der Waals surface area contributed by atoms with E-state index in [9.17, 15) is 0 Å². The zero-order valence-electron chi connectivity index (χ0n) is 7.82. The number of allylic oxidation sites excluding steroid dienone is 1. The molecule has 0 fully saturated rings. The van der Waals surface area contributed by atoms with Crippen molar-refractivity contribution >= 4 is 0 Å². The molecule has 0 saturated carbocycles. The molecule has 12 heavy (non-hydrogen) atoms. The van der Waals surface area contributed by atoms with Crippen molar-refractivity contribution in [3.05, 3.63) is 12.2 Å². The van der Waals surface area contributed by atoms with Crippen LogP contribution in [0, 0.1) is 0 Å². The SMILES string of the molecule is CC=CCOC(O)COCCC. The van der Waals surface area contributed by atoms with E-state index in [2.05, 4.69) is 0 Å². The molecule has 0 amide bonds. The van der Waals surface area contributed by atoms with Crippen LogP contribution in [0.5, 0.6) is 0 Å². The number of aliphatic hydroxyl groups is 1. The van der Waals surface area contributed by atoms with E-state index >= 15 is 0 Å². The van der Waals surface area contributed by atoms with Crippen molar-refractivity contribution in [3.8, 4) is 0 Å². The lowest BCUT2D eigenvalue weighted by molar-refractivity contribution is -0.129. The van der Waals surface area contributed by atoms with Gasteiger partial charge in [-0.1, -0.05) is 19.1 Å². The van der Waals surface area contributed by atoms with Crippen molar-refractivity contribution in [2.45, 2.75) is 26.6 Å². The highest BCUT2D eigenvalue weighted by Crippen LogP contribution is 1.90. The molecule has 0 radical (unpaired) electrons. The molecule has 1 N–H and O–H groups in total. The van der Waals surface area contributed by atoms with Gasteiger partial charge >= 0.3 is 0 Å². The van der Waals surface area contributed by atoms with Gasteiger partial charge in [0.05, 0.1) is 13.2 Å². The molecule has 1 atom stereocenters. The molecule has 0 aromatic rings. The molecule has 0 aliphatic rings. The quantitative estimate of drug-likeness (QED) is 0.359. The Bertz CT molecular complexity index is 112. The summed E-state index contributed by atoms with van der Waals surface area (Å²) in [5, 5.41) is 9.12. The fraction of sp³-hybridized carbons (Fsp3) is 0.778. The number of hydrogen-bond acceptors (Lipinski definition) is 3. The van der Waals surface area contributed by atoms with E-state index in [1.807, 2.05) is 26.0 Å². The Morgan fingerprint density at radius 3 is 2.83 bits per heavy atom. The molecule has 0 rings (SSSR count). The van der Waals surface area contributed by atoms with Crippen LogP contribution < -0.4 is 0 Å². The predicted octanol–water partition coefficient (Wildman–Crippen LogP) is 1.32. The van der Waals surface area contributed by atoms with Crippen LogP contribution in [0.15, 0.2) is 12.2 Å². The van der Waals surface area contributed by atoms with Crippen LogP contribution in [0.25, 0.3) is 0 Å². The minimum Gasteiger partial charge on any atom is -0.376 e. The van der Waals surface area contributed by atoms with Crippen molar-refractivity contribution in [2.75, 3.05) is 19.8 Å². The molecule has 0 saturated heterocycles. The Morgan fingerprint density at radius 2 is 2.25 bits per heavy atom. The summed E-state index contributed by atoms with van der Waals surface area (Å²) in [7, 11) is 0. The topological polar surface area (TPSA) is 38.7 Å². The van der Waals surface area contributed by atoms with E-state index in [0.717, 1.165) is 6.42 Å². The Kier molecular flexibility index (Phi) is 8.44. The number of ether oxygens (including phenoxy) is 2. The summed E-state index contributed by atoms with van der Waals surface area (Å²) in [6.45, 7) is 5.29. The molecule has 0 aliphatic heterocycles. The van der Waals surface area contributed by atoms with E-state index in [-0.39, 0.29) is 6.61 Å². The van der Waals surface area contributed by atoms with Gasteiger partial charge in [-0.15, -0.1) is 0 Å². The molecule has 1 unspecified atom stereocenters.